The van der Waals surface area contributed by atoms with Gasteiger partial charge >= 0.3 is 0 Å². The first-order chi connectivity index (χ1) is 8.93. The molecule has 0 amide bonds. The van der Waals surface area contributed by atoms with Gasteiger partial charge in [0.05, 0.1) is 0 Å². The first-order valence-electron chi connectivity index (χ1n) is 6.74. The van der Waals surface area contributed by atoms with E-state index in [0.717, 1.165) is 12.5 Å². The second kappa shape index (κ2) is 5.25. The summed E-state index contributed by atoms with van der Waals surface area (Å²) in [6.45, 7) is 0.838. The van der Waals surface area contributed by atoms with Gasteiger partial charge < -0.3 is 9.88 Å². The highest BCUT2D eigenvalue weighted by Gasteiger charge is 2.18. The molecule has 1 heterocycles. The number of hydrogen-bond acceptors (Lipinski definition) is 2. The Morgan fingerprint density at radius 2 is 1.94 bits per heavy atom. The lowest BCUT2D eigenvalue weighted by Gasteiger charge is -2.15. The normalized spacial score (nSPS) is 16.0. The van der Waals surface area contributed by atoms with Gasteiger partial charge in [0.25, 0.3) is 0 Å². The summed E-state index contributed by atoms with van der Waals surface area (Å²) in [4.78, 5) is 4.43. The standard InChI is InChI=1S/C15H19N3/c1-2-6-13(7-3-1)12-17-15-16-10-11-18(15)14-8-4-5-9-14/h1-3,6-7,10-11,14H,4-5,8-9,12H2,(H,16,17). The van der Waals surface area contributed by atoms with Crippen molar-refractivity contribution in [3.8, 4) is 0 Å². The summed E-state index contributed by atoms with van der Waals surface area (Å²) in [5.41, 5.74) is 1.29. The first-order valence-corrected chi connectivity index (χ1v) is 6.74. The van der Waals surface area contributed by atoms with Crippen molar-refractivity contribution in [2.75, 3.05) is 5.32 Å². The van der Waals surface area contributed by atoms with Gasteiger partial charge in [-0.15, -0.1) is 0 Å². The minimum Gasteiger partial charge on any atom is -0.352 e. The lowest BCUT2D eigenvalue weighted by atomic mass is 10.2. The van der Waals surface area contributed by atoms with Crippen molar-refractivity contribution in [1.29, 1.82) is 0 Å². The molecule has 0 atom stereocenters. The van der Waals surface area contributed by atoms with E-state index in [4.69, 9.17) is 0 Å². The van der Waals surface area contributed by atoms with Crippen molar-refractivity contribution < 1.29 is 0 Å². The number of aromatic nitrogens is 2. The lowest BCUT2D eigenvalue weighted by molar-refractivity contribution is 0.523. The van der Waals surface area contributed by atoms with E-state index in [0.29, 0.717) is 6.04 Å². The van der Waals surface area contributed by atoms with Crippen LogP contribution in [-0.4, -0.2) is 9.55 Å². The van der Waals surface area contributed by atoms with E-state index in [1.807, 2.05) is 12.3 Å². The van der Waals surface area contributed by atoms with Gasteiger partial charge in [-0.1, -0.05) is 43.2 Å². The van der Waals surface area contributed by atoms with E-state index in [9.17, 15) is 0 Å². The molecule has 18 heavy (non-hydrogen) atoms. The molecule has 1 N–H and O–H groups in total. The molecular weight excluding hydrogens is 222 g/mol. The quantitative estimate of drug-likeness (QED) is 0.886. The summed E-state index contributed by atoms with van der Waals surface area (Å²) >= 11 is 0. The highest BCUT2D eigenvalue weighted by Crippen LogP contribution is 2.31. The van der Waals surface area contributed by atoms with E-state index in [-0.39, 0.29) is 0 Å². The molecule has 1 aliphatic carbocycles. The Morgan fingerprint density at radius 3 is 2.72 bits per heavy atom. The number of benzene rings is 1. The number of rotatable bonds is 4. The van der Waals surface area contributed by atoms with Crippen LogP contribution < -0.4 is 5.32 Å². The van der Waals surface area contributed by atoms with Crippen LogP contribution in [-0.2, 0) is 6.54 Å². The molecule has 0 unspecified atom stereocenters. The van der Waals surface area contributed by atoms with Crippen LogP contribution in [0.1, 0.15) is 37.3 Å². The lowest BCUT2D eigenvalue weighted by Crippen LogP contribution is -2.10. The maximum Gasteiger partial charge on any atom is 0.203 e. The van der Waals surface area contributed by atoms with Crippen LogP contribution in [0.5, 0.6) is 0 Å². The van der Waals surface area contributed by atoms with E-state index in [2.05, 4.69) is 45.3 Å². The zero-order valence-electron chi connectivity index (χ0n) is 10.5. The molecule has 3 heteroatoms. The van der Waals surface area contributed by atoms with Gasteiger partial charge in [0.15, 0.2) is 0 Å². The average molecular weight is 241 g/mol. The van der Waals surface area contributed by atoms with Gasteiger partial charge in [-0.05, 0) is 18.4 Å². The van der Waals surface area contributed by atoms with Gasteiger partial charge in [0, 0.05) is 25.0 Å². The number of nitrogens with zero attached hydrogens (tertiary/aromatic N) is 2. The second-order valence-corrected chi connectivity index (χ2v) is 4.94. The van der Waals surface area contributed by atoms with Crippen LogP contribution in [0.25, 0.3) is 0 Å². The third-order valence-corrected chi connectivity index (χ3v) is 3.68. The summed E-state index contributed by atoms with van der Waals surface area (Å²) in [5, 5.41) is 3.44. The molecule has 0 bridgehead atoms. The number of nitrogens with one attached hydrogen (secondary N) is 1. The molecule has 94 valence electrons. The molecule has 0 saturated heterocycles. The Labute approximate surface area is 108 Å². The van der Waals surface area contributed by atoms with Crippen LogP contribution in [0.4, 0.5) is 5.95 Å². The Bertz CT molecular complexity index is 483. The molecule has 1 fully saturated rings. The summed E-state index contributed by atoms with van der Waals surface area (Å²) in [7, 11) is 0. The fraction of sp³-hybridized carbons (Fsp3) is 0.400. The van der Waals surface area contributed by atoms with Gasteiger partial charge in [0.1, 0.15) is 0 Å². The fourth-order valence-electron chi connectivity index (χ4n) is 2.70. The second-order valence-electron chi connectivity index (χ2n) is 4.94. The molecule has 0 radical (unpaired) electrons. The molecule has 1 saturated carbocycles. The van der Waals surface area contributed by atoms with Crippen molar-refractivity contribution in [2.24, 2.45) is 0 Å². The van der Waals surface area contributed by atoms with E-state index < -0.39 is 0 Å². The Hall–Kier alpha value is -1.77. The summed E-state index contributed by atoms with van der Waals surface area (Å²) < 4.78 is 2.30. The molecule has 3 nitrogen and oxygen atoms in total. The van der Waals surface area contributed by atoms with Crippen molar-refractivity contribution >= 4 is 5.95 Å². The predicted molar refractivity (Wildman–Crippen MR) is 73.5 cm³/mol. The summed E-state index contributed by atoms with van der Waals surface area (Å²) in [5.74, 6) is 1.01. The van der Waals surface area contributed by atoms with Crippen molar-refractivity contribution in [3.63, 3.8) is 0 Å². The molecule has 1 aromatic carbocycles. The Morgan fingerprint density at radius 1 is 1.17 bits per heavy atom. The zero-order chi connectivity index (χ0) is 12.2. The van der Waals surface area contributed by atoms with Crippen LogP contribution in [0.15, 0.2) is 42.7 Å². The highest BCUT2D eigenvalue weighted by atomic mass is 15.2. The van der Waals surface area contributed by atoms with Crippen molar-refractivity contribution in [3.05, 3.63) is 48.3 Å². The van der Waals surface area contributed by atoms with Gasteiger partial charge in [0.2, 0.25) is 5.95 Å². The highest BCUT2D eigenvalue weighted by molar-refractivity contribution is 5.29. The molecule has 0 aliphatic heterocycles. The molecule has 3 rings (SSSR count). The van der Waals surface area contributed by atoms with Gasteiger partial charge in [-0.3, -0.25) is 0 Å². The summed E-state index contributed by atoms with van der Waals surface area (Å²) in [6.07, 6.45) is 9.27. The fourth-order valence-corrected chi connectivity index (χ4v) is 2.70. The van der Waals surface area contributed by atoms with Gasteiger partial charge in [-0.2, -0.15) is 0 Å². The zero-order valence-corrected chi connectivity index (χ0v) is 10.5. The number of imidazole rings is 1. The minimum absolute atomic E-state index is 0.644. The van der Waals surface area contributed by atoms with Crippen LogP contribution in [0.2, 0.25) is 0 Å². The molecule has 1 aliphatic rings. The predicted octanol–water partition coefficient (Wildman–Crippen LogP) is 3.61. The van der Waals surface area contributed by atoms with Crippen LogP contribution >= 0.6 is 0 Å². The van der Waals surface area contributed by atoms with E-state index >= 15 is 0 Å². The van der Waals surface area contributed by atoms with Crippen molar-refractivity contribution in [1.82, 2.24) is 9.55 Å². The Kier molecular flexibility index (Phi) is 3.31. The molecule has 1 aromatic heterocycles. The Balaban J connectivity index is 1.68. The maximum absolute atomic E-state index is 4.43. The monoisotopic (exact) mass is 241 g/mol. The smallest absolute Gasteiger partial charge is 0.203 e. The van der Waals surface area contributed by atoms with Crippen molar-refractivity contribution in [2.45, 2.75) is 38.3 Å². The molecular formula is C15H19N3. The third kappa shape index (κ3) is 2.40. The average Bonchev–Trinajstić information content (AvgIpc) is 3.08. The number of hydrogen-bond donors (Lipinski definition) is 1. The number of anilines is 1. The van der Waals surface area contributed by atoms with E-state index in [1.165, 1.54) is 31.2 Å². The largest absolute Gasteiger partial charge is 0.352 e. The van der Waals surface area contributed by atoms with Crippen LogP contribution in [0, 0.1) is 0 Å². The summed E-state index contributed by atoms with van der Waals surface area (Å²) in [6, 6.07) is 11.1. The minimum atomic E-state index is 0.644. The topological polar surface area (TPSA) is 29.9 Å². The molecule has 0 spiro atoms. The maximum atomic E-state index is 4.43. The van der Waals surface area contributed by atoms with Gasteiger partial charge in [-0.25, -0.2) is 4.98 Å². The first kappa shape index (κ1) is 11.3. The van der Waals surface area contributed by atoms with Crippen LogP contribution in [0.3, 0.4) is 0 Å². The SMILES string of the molecule is c1ccc(CNc2nccn2C2CCCC2)cc1. The van der Waals surface area contributed by atoms with E-state index in [1.54, 1.807) is 0 Å². The third-order valence-electron chi connectivity index (χ3n) is 3.68. The molecule has 2 aromatic rings.